The fourth-order valence-corrected chi connectivity index (χ4v) is 2.95. The molecule has 1 saturated heterocycles. The first-order chi connectivity index (χ1) is 14.0. The molecule has 0 atom stereocenters. The van der Waals surface area contributed by atoms with Crippen LogP contribution in [0.3, 0.4) is 0 Å². The van der Waals surface area contributed by atoms with E-state index in [0.29, 0.717) is 49.0 Å². The number of nitrogens with zero attached hydrogens (tertiary/aromatic N) is 4. The molecule has 3 rings (SSSR count). The summed E-state index contributed by atoms with van der Waals surface area (Å²) in [6.45, 7) is 4.53. The van der Waals surface area contributed by atoms with E-state index < -0.39 is 6.09 Å². The van der Waals surface area contributed by atoms with E-state index in [1.54, 1.807) is 14.0 Å². The van der Waals surface area contributed by atoms with Crippen molar-refractivity contribution in [2.24, 2.45) is 5.16 Å². The number of likely N-dealkylation sites (tertiary alicyclic amines) is 1. The van der Waals surface area contributed by atoms with Gasteiger partial charge in [0.1, 0.15) is 18.2 Å². The molecule has 0 unspecified atom stereocenters. The highest BCUT2D eigenvalue weighted by atomic mass is 16.6. The number of carboxylic acid groups (broad SMARTS) is 1. The van der Waals surface area contributed by atoms with E-state index in [9.17, 15) is 4.79 Å². The van der Waals surface area contributed by atoms with E-state index in [0.717, 1.165) is 11.3 Å². The van der Waals surface area contributed by atoms with E-state index in [4.69, 9.17) is 19.4 Å². The molecule has 9 nitrogen and oxygen atoms in total. The molecule has 9 heteroatoms. The Bertz CT molecular complexity index is 877. The highest BCUT2D eigenvalue weighted by Gasteiger charge is 2.24. The van der Waals surface area contributed by atoms with Crippen molar-refractivity contribution in [2.45, 2.75) is 32.8 Å². The number of piperidine rings is 1. The molecule has 29 heavy (non-hydrogen) atoms. The highest BCUT2D eigenvalue weighted by molar-refractivity contribution is 5.98. The number of hydrogen-bond acceptors (Lipinski definition) is 7. The number of aromatic nitrogens is 2. The molecule has 0 saturated carbocycles. The van der Waals surface area contributed by atoms with E-state index in [2.05, 4.69) is 15.1 Å². The van der Waals surface area contributed by atoms with Crippen LogP contribution < -0.4 is 14.3 Å². The number of methoxy groups -OCH3 is 1. The van der Waals surface area contributed by atoms with Crippen LogP contribution in [-0.2, 0) is 0 Å². The molecule has 1 aromatic carbocycles. The predicted octanol–water partition coefficient (Wildman–Crippen LogP) is 3.12. The molecule has 1 fully saturated rings. The Morgan fingerprint density at radius 3 is 2.45 bits per heavy atom. The van der Waals surface area contributed by atoms with Gasteiger partial charge in [-0.05, 0) is 43.7 Å². The molecule has 2 heterocycles. The summed E-state index contributed by atoms with van der Waals surface area (Å²) in [4.78, 5) is 26.2. The highest BCUT2D eigenvalue weighted by Crippen LogP contribution is 2.26. The molecule has 1 aliphatic rings. The van der Waals surface area contributed by atoms with Gasteiger partial charge >= 0.3 is 6.09 Å². The summed E-state index contributed by atoms with van der Waals surface area (Å²) in [5.41, 5.74) is 2.23. The summed E-state index contributed by atoms with van der Waals surface area (Å²) in [7, 11) is 1.62. The van der Waals surface area contributed by atoms with Crippen molar-refractivity contribution < 1.29 is 24.2 Å². The zero-order chi connectivity index (χ0) is 20.8. The number of hydrogen-bond donors (Lipinski definition) is 1. The van der Waals surface area contributed by atoms with Crippen molar-refractivity contribution in [3.63, 3.8) is 0 Å². The van der Waals surface area contributed by atoms with Gasteiger partial charge in [0.25, 0.3) is 5.88 Å². The van der Waals surface area contributed by atoms with Gasteiger partial charge in [0, 0.05) is 25.9 Å². The summed E-state index contributed by atoms with van der Waals surface area (Å²) >= 11 is 0. The van der Waals surface area contributed by atoms with Crippen molar-refractivity contribution >= 4 is 11.8 Å². The lowest BCUT2D eigenvalue weighted by molar-refractivity contribution is 0.0863. The lowest BCUT2D eigenvalue weighted by Crippen LogP contribution is -2.41. The van der Waals surface area contributed by atoms with Gasteiger partial charge in [0.05, 0.1) is 18.4 Å². The summed E-state index contributed by atoms with van der Waals surface area (Å²) in [5, 5.41) is 13.2. The Hall–Kier alpha value is -3.36. The largest absolute Gasteiger partial charge is 0.497 e. The average Bonchev–Trinajstić information content (AvgIpc) is 2.74. The Balaban J connectivity index is 1.64. The van der Waals surface area contributed by atoms with Crippen molar-refractivity contribution in [1.29, 1.82) is 0 Å². The van der Waals surface area contributed by atoms with Gasteiger partial charge in [0.2, 0.25) is 5.88 Å². The smallest absolute Gasteiger partial charge is 0.407 e. The molecule has 1 aromatic heterocycles. The molecule has 154 valence electrons. The molecule has 0 radical (unpaired) electrons. The first-order valence-corrected chi connectivity index (χ1v) is 9.30. The summed E-state index contributed by atoms with van der Waals surface area (Å²) in [5.74, 6) is 1.50. The molecule has 1 aliphatic heterocycles. The number of rotatable bonds is 6. The summed E-state index contributed by atoms with van der Waals surface area (Å²) in [6.07, 6.45) is 1.59. The van der Waals surface area contributed by atoms with Crippen LogP contribution in [0.5, 0.6) is 17.5 Å². The lowest BCUT2D eigenvalue weighted by atomic mass is 10.1. The summed E-state index contributed by atoms with van der Waals surface area (Å²) < 4.78 is 11.1. The fourth-order valence-electron chi connectivity index (χ4n) is 2.95. The molecule has 1 N–H and O–H groups in total. The number of ether oxygens (including phenoxy) is 2. The maximum Gasteiger partial charge on any atom is 0.407 e. The van der Waals surface area contributed by atoms with Crippen LogP contribution in [-0.4, -0.2) is 58.1 Å². The second-order valence-corrected chi connectivity index (χ2v) is 6.69. The predicted molar refractivity (Wildman–Crippen MR) is 106 cm³/mol. The average molecular weight is 400 g/mol. The third kappa shape index (κ3) is 5.13. The van der Waals surface area contributed by atoms with Gasteiger partial charge in [-0.25, -0.2) is 9.78 Å². The Labute approximate surface area is 168 Å². The molecule has 0 spiro atoms. The zero-order valence-corrected chi connectivity index (χ0v) is 16.7. The van der Waals surface area contributed by atoms with Crippen LogP contribution in [0, 0.1) is 6.92 Å². The van der Waals surface area contributed by atoms with Crippen LogP contribution in [0.4, 0.5) is 4.79 Å². The SMILES string of the molecule is COc1ccc(/C(C)=N\Oc2ncnc(OC3CCN(C(=O)O)CC3)c2C)cc1. The second-order valence-electron chi connectivity index (χ2n) is 6.69. The molecule has 0 aliphatic carbocycles. The zero-order valence-electron chi connectivity index (χ0n) is 16.7. The Kier molecular flexibility index (Phi) is 6.48. The molecular weight excluding hydrogens is 376 g/mol. The van der Waals surface area contributed by atoms with Gasteiger partial charge in [-0.2, -0.15) is 4.98 Å². The van der Waals surface area contributed by atoms with E-state index in [1.807, 2.05) is 31.2 Å². The molecule has 2 aromatic rings. The Morgan fingerprint density at radius 2 is 1.83 bits per heavy atom. The van der Waals surface area contributed by atoms with E-state index in [1.165, 1.54) is 11.2 Å². The van der Waals surface area contributed by atoms with E-state index in [-0.39, 0.29) is 6.10 Å². The maximum absolute atomic E-state index is 11.0. The first kappa shape index (κ1) is 20.4. The monoisotopic (exact) mass is 400 g/mol. The van der Waals surface area contributed by atoms with Gasteiger partial charge in [-0.1, -0.05) is 5.16 Å². The second kappa shape index (κ2) is 9.22. The molecule has 0 bridgehead atoms. The number of oxime groups is 1. The van der Waals surface area contributed by atoms with Crippen LogP contribution in [0.25, 0.3) is 0 Å². The van der Waals surface area contributed by atoms with Crippen LogP contribution in [0.2, 0.25) is 0 Å². The van der Waals surface area contributed by atoms with E-state index >= 15 is 0 Å². The number of amides is 1. The maximum atomic E-state index is 11.0. The van der Waals surface area contributed by atoms with Gasteiger partial charge < -0.3 is 24.3 Å². The van der Waals surface area contributed by atoms with Crippen molar-refractivity contribution in [3.05, 3.63) is 41.7 Å². The Morgan fingerprint density at radius 1 is 1.17 bits per heavy atom. The van der Waals surface area contributed by atoms with Gasteiger partial charge in [0.15, 0.2) is 0 Å². The molecular formula is C20H24N4O5. The molecule has 1 amide bonds. The normalized spacial score (nSPS) is 15.1. The lowest BCUT2D eigenvalue weighted by Gasteiger charge is -2.30. The minimum Gasteiger partial charge on any atom is -0.497 e. The van der Waals surface area contributed by atoms with Crippen LogP contribution >= 0.6 is 0 Å². The van der Waals surface area contributed by atoms with Crippen LogP contribution in [0.1, 0.15) is 30.9 Å². The topological polar surface area (TPSA) is 106 Å². The number of benzene rings is 1. The standard InChI is InChI=1S/C20H24N4O5/c1-13-18(28-17-8-10-24(11-9-17)20(25)26)21-12-22-19(13)29-23-14(2)15-4-6-16(27-3)7-5-15/h4-7,12,17H,8-11H2,1-3H3,(H,25,26)/b23-14-. The first-order valence-electron chi connectivity index (χ1n) is 9.30. The quantitative estimate of drug-likeness (QED) is 0.586. The van der Waals surface area contributed by atoms with Crippen molar-refractivity contribution in [1.82, 2.24) is 14.9 Å². The minimum atomic E-state index is -0.901. The summed E-state index contributed by atoms with van der Waals surface area (Å²) in [6, 6.07) is 7.50. The number of carbonyl (C=O) groups is 1. The van der Waals surface area contributed by atoms with Crippen molar-refractivity contribution in [3.8, 4) is 17.5 Å². The third-order valence-electron chi connectivity index (χ3n) is 4.76. The fraction of sp³-hybridized carbons (Fsp3) is 0.400. The minimum absolute atomic E-state index is 0.100. The van der Waals surface area contributed by atoms with Crippen molar-refractivity contribution in [2.75, 3.05) is 20.2 Å². The van der Waals surface area contributed by atoms with Crippen LogP contribution in [0.15, 0.2) is 35.7 Å². The van der Waals surface area contributed by atoms with Gasteiger partial charge in [-0.15, -0.1) is 0 Å². The third-order valence-corrected chi connectivity index (χ3v) is 4.76. The van der Waals surface area contributed by atoms with Gasteiger partial charge in [-0.3, -0.25) is 0 Å².